The van der Waals surface area contributed by atoms with Gasteiger partial charge in [0.2, 0.25) is 5.91 Å². The molecule has 0 bridgehead atoms. The van der Waals surface area contributed by atoms with Crippen molar-refractivity contribution in [1.82, 2.24) is 5.32 Å². The van der Waals surface area contributed by atoms with Crippen molar-refractivity contribution in [2.75, 3.05) is 5.32 Å². The number of carboxylic acids is 2. The number of rotatable bonds is 10. The molecule has 0 saturated heterocycles. The molecule has 1 unspecified atom stereocenters. The Balaban J connectivity index is 1.59. The number of amides is 2. The highest BCUT2D eigenvalue weighted by Crippen LogP contribution is 2.22. The molecule has 0 aliphatic carbocycles. The Bertz CT molecular complexity index is 1160. The molecule has 4 N–H and O–H groups in total. The monoisotopic (exact) mass is 460 g/mol. The molecular formula is C26H24N2O6. The maximum atomic E-state index is 12.4. The van der Waals surface area contributed by atoms with Gasteiger partial charge in [0, 0.05) is 17.7 Å². The number of nitrogens with one attached hydrogen (secondary N) is 2. The molecule has 0 fully saturated rings. The van der Waals surface area contributed by atoms with Gasteiger partial charge in [0.25, 0.3) is 5.91 Å². The van der Waals surface area contributed by atoms with Crippen molar-refractivity contribution in [2.45, 2.75) is 25.3 Å². The summed E-state index contributed by atoms with van der Waals surface area (Å²) in [5.41, 5.74) is 3.56. The fourth-order valence-electron chi connectivity index (χ4n) is 3.31. The lowest BCUT2D eigenvalue weighted by Crippen LogP contribution is -2.41. The first kappa shape index (κ1) is 24.2. The van der Waals surface area contributed by atoms with E-state index in [0.717, 1.165) is 16.7 Å². The van der Waals surface area contributed by atoms with Crippen LogP contribution in [0.25, 0.3) is 11.1 Å². The minimum atomic E-state index is -1.29. The molecule has 8 heteroatoms. The second kappa shape index (κ2) is 11.4. The predicted molar refractivity (Wildman–Crippen MR) is 126 cm³/mol. The third kappa shape index (κ3) is 7.03. The number of anilines is 1. The summed E-state index contributed by atoms with van der Waals surface area (Å²) in [6, 6.07) is 22.0. The van der Waals surface area contributed by atoms with Gasteiger partial charge in [0.1, 0.15) is 6.04 Å². The number of carbonyl (C=O) groups excluding carboxylic acids is 2. The summed E-state index contributed by atoms with van der Waals surface area (Å²) in [4.78, 5) is 46.5. The van der Waals surface area contributed by atoms with Gasteiger partial charge in [-0.1, -0.05) is 54.6 Å². The summed E-state index contributed by atoms with van der Waals surface area (Å²) in [5.74, 6) is -3.13. The smallest absolute Gasteiger partial charge is 0.326 e. The second-order valence-electron chi connectivity index (χ2n) is 7.66. The third-order valence-corrected chi connectivity index (χ3v) is 5.11. The van der Waals surface area contributed by atoms with Crippen LogP contribution in [-0.2, 0) is 20.8 Å². The Labute approximate surface area is 196 Å². The fourth-order valence-corrected chi connectivity index (χ4v) is 3.31. The van der Waals surface area contributed by atoms with Crippen LogP contribution in [0.5, 0.6) is 0 Å². The average Bonchev–Trinajstić information content (AvgIpc) is 2.82. The lowest BCUT2D eigenvalue weighted by molar-refractivity contribution is -0.140. The van der Waals surface area contributed by atoms with Crippen LogP contribution in [0.4, 0.5) is 5.69 Å². The van der Waals surface area contributed by atoms with Crippen LogP contribution in [0.1, 0.15) is 28.8 Å². The molecule has 0 heterocycles. The highest BCUT2D eigenvalue weighted by molar-refractivity contribution is 5.97. The van der Waals surface area contributed by atoms with Gasteiger partial charge in [-0.05, 0) is 47.4 Å². The van der Waals surface area contributed by atoms with E-state index in [2.05, 4.69) is 10.6 Å². The lowest BCUT2D eigenvalue weighted by Gasteiger charge is -2.14. The minimum Gasteiger partial charge on any atom is -0.481 e. The van der Waals surface area contributed by atoms with E-state index in [0.29, 0.717) is 5.69 Å². The van der Waals surface area contributed by atoms with Gasteiger partial charge in [-0.2, -0.15) is 0 Å². The number of hydrogen-bond acceptors (Lipinski definition) is 4. The molecular weight excluding hydrogens is 436 g/mol. The molecule has 3 aromatic carbocycles. The zero-order chi connectivity index (χ0) is 24.5. The number of carbonyl (C=O) groups is 4. The molecule has 1 atom stereocenters. The van der Waals surface area contributed by atoms with Gasteiger partial charge in [0.15, 0.2) is 0 Å². The topological polar surface area (TPSA) is 133 Å². The highest BCUT2D eigenvalue weighted by Gasteiger charge is 2.21. The summed E-state index contributed by atoms with van der Waals surface area (Å²) in [6.45, 7) is 0. The van der Waals surface area contributed by atoms with E-state index in [4.69, 9.17) is 5.11 Å². The first-order valence-electron chi connectivity index (χ1n) is 10.6. The van der Waals surface area contributed by atoms with Gasteiger partial charge >= 0.3 is 11.9 Å². The Morgan fingerprint density at radius 3 is 1.91 bits per heavy atom. The van der Waals surface area contributed by atoms with E-state index in [9.17, 15) is 24.3 Å². The molecule has 0 aliphatic rings. The quantitative estimate of drug-likeness (QED) is 0.366. The van der Waals surface area contributed by atoms with E-state index in [1.165, 1.54) is 0 Å². The molecule has 3 rings (SSSR count). The van der Waals surface area contributed by atoms with E-state index in [1.54, 1.807) is 36.4 Å². The normalized spacial score (nSPS) is 11.3. The van der Waals surface area contributed by atoms with E-state index in [-0.39, 0.29) is 30.7 Å². The number of hydrogen-bond donors (Lipinski definition) is 4. The van der Waals surface area contributed by atoms with Crippen molar-refractivity contribution in [3.8, 4) is 11.1 Å². The zero-order valence-electron chi connectivity index (χ0n) is 18.2. The Morgan fingerprint density at radius 2 is 1.35 bits per heavy atom. The van der Waals surface area contributed by atoms with Crippen LogP contribution in [-0.4, -0.2) is 40.0 Å². The first-order valence-corrected chi connectivity index (χ1v) is 10.6. The Kier molecular flexibility index (Phi) is 8.12. The van der Waals surface area contributed by atoms with Crippen LogP contribution in [0.2, 0.25) is 0 Å². The number of aliphatic carboxylic acids is 2. The molecule has 8 nitrogen and oxygen atoms in total. The summed E-state index contributed by atoms with van der Waals surface area (Å²) in [7, 11) is 0. The van der Waals surface area contributed by atoms with Crippen LogP contribution < -0.4 is 10.6 Å². The molecule has 0 spiro atoms. The summed E-state index contributed by atoms with van der Waals surface area (Å²) >= 11 is 0. The predicted octanol–water partition coefficient (Wildman–Crippen LogP) is 3.58. The lowest BCUT2D eigenvalue weighted by atomic mass is 10.0. The third-order valence-electron chi connectivity index (χ3n) is 5.11. The van der Waals surface area contributed by atoms with Gasteiger partial charge < -0.3 is 20.8 Å². The Morgan fingerprint density at radius 1 is 0.765 bits per heavy atom. The van der Waals surface area contributed by atoms with Gasteiger partial charge in [-0.25, -0.2) is 4.79 Å². The van der Waals surface area contributed by atoms with Crippen molar-refractivity contribution < 1.29 is 29.4 Å². The van der Waals surface area contributed by atoms with Crippen molar-refractivity contribution in [1.29, 1.82) is 0 Å². The molecule has 2 amide bonds. The van der Waals surface area contributed by atoms with Crippen molar-refractivity contribution in [2.24, 2.45) is 0 Å². The van der Waals surface area contributed by atoms with Crippen molar-refractivity contribution in [3.63, 3.8) is 0 Å². The average molecular weight is 460 g/mol. The van der Waals surface area contributed by atoms with Crippen molar-refractivity contribution in [3.05, 3.63) is 90.0 Å². The Hall–Kier alpha value is -4.46. The van der Waals surface area contributed by atoms with Gasteiger partial charge in [-0.3, -0.25) is 14.4 Å². The second-order valence-corrected chi connectivity index (χ2v) is 7.66. The van der Waals surface area contributed by atoms with Crippen molar-refractivity contribution >= 4 is 29.4 Å². The number of benzene rings is 3. The number of carboxylic acid groups (broad SMARTS) is 2. The van der Waals surface area contributed by atoms with Crippen LogP contribution in [0.3, 0.4) is 0 Å². The minimum absolute atomic E-state index is 0.114. The molecule has 0 saturated carbocycles. The summed E-state index contributed by atoms with van der Waals surface area (Å²) in [6.07, 6.45) is -0.285. The largest absolute Gasteiger partial charge is 0.481 e. The molecule has 34 heavy (non-hydrogen) atoms. The van der Waals surface area contributed by atoms with Crippen LogP contribution in [0.15, 0.2) is 78.9 Å². The molecule has 174 valence electrons. The fraction of sp³-hybridized carbons (Fsp3) is 0.154. The molecule has 3 aromatic rings. The molecule has 0 aliphatic heterocycles. The first-order chi connectivity index (χ1) is 16.3. The summed E-state index contributed by atoms with van der Waals surface area (Å²) < 4.78 is 0. The zero-order valence-corrected chi connectivity index (χ0v) is 18.2. The van der Waals surface area contributed by atoms with Gasteiger partial charge in [0.05, 0.1) is 6.42 Å². The standard InChI is InChI=1S/C26H24N2O6/c29-23(16-17-4-2-1-3-5-17)27-21-12-10-19(11-13-21)18-6-8-20(9-7-18)25(32)28-22(26(33)34)14-15-24(30)31/h1-13,22H,14-16H2,(H,27,29)(H,28,32)(H,30,31)(H,33,34). The molecule has 0 aromatic heterocycles. The maximum Gasteiger partial charge on any atom is 0.326 e. The van der Waals surface area contributed by atoms with Crippen LogP contribution in [0, 0.1) is 0 Å². The van der Waals surface area contributed by atoms with E-state index in [1.807, 2.05) is 42.5 Å². The SMILES string of the molecule is O=C(O)CCC(NC(=O)c1ccc(-c2ccc(NC(=O)Cc3ccccc3)cc2)cc1)C(=O)O. The van der Waals surface area contributed by atoms with Gasteiger partial charge in [-0.15, -0.1) is 0 Å². The maximum absolute atomic E-state index is 12.4. The van der Waals surface area contributed by atoms with E-state index < -0.39 is 23.9 Å². The van der Waals surface area contributed by atoms with Crippen LogP contribution >= 0.6 is 0 Å². The van der Waals surface area contributed by atoms with E-state index >= 15 is 0 Å². The highest BCUT2D eigenvalue weighted by atomic mass is 16.4. The molecule has 0 radical (unpaired) electrons. The summed E-state index contributed by atoms with van der Waals surface area (Å²) in [5, 5.41) is 23.1.